The average molecular weight is 278 g/mol. The van der Waals surface area contributed by atoms with Crippen molar-refractivity contribution in [3.05, 3.63) is 29.8 Å². The van der Waals surface area contributed by atoms with E-state index in [2.05, 4.69) is 50.9 Å². The molecule has 1 rings (SSSR count). The molecule has 1 aromatic carbocycles. The Hall–Kier alpha value is -1.06. The van der Waals surface area contributed by atoms with Crippen LogP contribution in [0.4, 0.5) is 0 Å². The monoisotopic (exact) mass is 278 g/mol. The zero-order valence-corrected chi connectivity index (χ0v) is 13.4. The first kappa shape index (κ1) is 17.0. The van der Waals surface area contributed by atoms with Gasteiger partial charge >= 0.3 is 0 Å². The third-order valence-corrected chi connectivity index (χ3v) is 3.53. The maximum atomic E-state index is 5.98. The summed E-state index contributed by atoms with van der Waals surface area (Å²) in [5, 5.41) is 0. The number of nitrogens with two attached hydrogens (primary N) is 1. The maximum Gasteiger partial charge on any atom is 0.119 e. The highest BCUT2D eigenvalue weighted by atomic mass is 16.5. The lowest BCUT2D eigenvalue weighted by molar-refractivity contribution is 0.235. The molecule has 0 radical (unpaired) electrons. The first-order chi connectivity index (χ1) is 9.58. The molecule has 3 nitrogen and oxygen atoms in total. The average Bonchev–Trinajstić information content (AvgIpc) is 2.44. The van der Waals surface area contributed by atoms with Gasteiger partial charge in [0.25, 0.3) is 0 Å². The van der Waals surface area contributed by atoms with Crippen molar-refractivity contribution in [1.82, 2.24) is 4.90 Å². The van der Waals surface area contributed by atoms with Gasteiger partial charge in [-0.3, -0.25) is 4.90 Å². The number of hydrogen-bond donors (Lipinski definition) is 1. The van der Waals surface area contributed by atoms with Crippen molar-refractivity contribution >= 4 is 0 Å². The van der Waals surface area contributed by atoms with E-state index < -0.39 is 0 Å². The number of likely N-dealkylation sites (N-methyl/N-ethyl adjacent to an activating group) is 1. The zero-order valence-electron chi connectivity index (χ0n) is 13.4. The fourth-order valence-corrected chi connectivity index (χ4v) is 2.22. The van der Waals surface area contributed by atoms with E-state index in [-0.39, 0.29) is 6.04 Å². The minimum absolute atomic E-state index is 0.263. The molecule has 0 aliphatic carbocycles. The second-order valence-electron chi connectivity index (χ2n) is 5.84. The lowest BCUT2D eigenvalue weighted by Crippen LogP contribution is -2.31. The van der Waals surface area contributed by atoms with Crippen LogP contribution in [0.15, 0.2) is 24.3 Å². The van der Waals surface area contributed by atoms with Crippen molar-refractivity contribution in [1.29, 1.82) is 0 Å². The minimum atomic E-state index is 0.263. The molecule has 0 saturated heterocycles. The van der Waals surface area contributed by atoms with Crippen LogP contribution in [-0.2, 0) is 0 Å². The van der Waals surface area contributed by atoms with Crippen molar-refractivity contribution < 1.29 is 4.74 Å². The van der Waals surface area contributed by atoms with Gasteiger partial charge in [-0.25, -0.2) is 0 Å². The predicted octanol–water partition coefficient (Wildman–Crippen LogP) is 3.45. The molecule has 0 aliphatic heterocycles. The van der Waals surface area contributed by atoms with Crippen molar-refractivity contribution in [3.8, 4) is 5.75 Å². The van der Waals surface area contributed by atoms with Gasteiger partial charge in [0.1, 0.15) is 5.75 Å². The van der Waals surface area contributed by atoms with E-state index in [0.717, 1.165) is 31.2 Å². The van der Waals surface area contributed by atoms with E-state index in [0.29, 0.717) is 6.54 Å². The van der Waals surface area contributed by atoms with E-state index in [9.17, 15) is 0 Å². The summed E-state index contributed by atoms with van der Waals surface area (Å²) in [7, 11) is 2.15. The number of nitrogens with zero attached hydrogens (tertiary/aromatic N) is 1. The van der Waals surface area contributed by atoms with Gasteiger partial charge in [0.2, 0.25) is 0 Å². The molecule has 0 fully saturated rings. The molecule has 0 bridgehead atoms. The van der Waals surface area contributed by atoms with Crippen molar-refractivity contribution in [2.24, 2.45) is 11.7 Å². The normalized spacial score (nSPS) is 12.9. The Morgan fingerprint density at radius 1 is 1.30 bits per heavy atom. The molecule has 114 valence electrons. The van der Waals surface area contributed by atoms with Crippen LogP contribution in [0.1, 0.15) is 45.2 Å². The van der Waals surface area contributed by atoms with Crippen molar-refractivity contribution in [2.75, 3.05) is 26.7 Å². The highest BCUT2D eigenvalue weighted by Gasteiger charge is 2.16. The number of ether oxygens (including phenoxy) is 1. The van der Waals surface area contributed by atoms with Crippen LogP contribution in [0.2, 0.25) is 0 Å². The predicted molar refractivity (Wildman–Crippen MR) is 86.1 cm³/mol. The third-order valence-electron chi connectivity index (χ3n) is 3.53. The molecule has 0 saturated carbocycles. The van der Waals surface area contributed by atoms with E-state index >= 15 is 0 Å². The molecule has 3 heteroatoms. The molecule has 20 heavy (non-hydrogen) atoms. The van der Waals surface area contributed by atoms with Crippen LogP contribution >= 0.6 is 0 Å². The first-order valence-electron chi connectivity index (χ1n) is 7.71. The Morgan fingerprint density at radius 3 is 2.65 bits per heavy atom. The molecule has 0 spiro atoms. The number of rotatable bonds is 9. The minimum Gasteiger partial charge on any atom is -0.494 e. The van der Waals surface area contributed by atoms with Crippen LogP contribution in [0.3, 0.4) is 0 Å². The molecule has 0 aliphatic rings. The van der Waals surface area contributed by atoms with Crippen LogP contribution < -0.4 is 10.5 Å². The molecule has 0 amide bonds. The second-order valence-corrected chi connectivity index (χ2v) is 5.84. The fraction of sp³-hybridized carbons (Fsp3) is 0.647. The standard InChI is InChI=1S/C17H30N2O/c1-5-11-20-16-8-6-7-15(12-16)17(13-18)19(4)10-9-14(2)3/h6-8,12,14,17H,5,9-11,13,18H2,1-4H3. The maximum absolute atomic E-state index is 5.98. The Labute approximate surface area is 124 Å². The topological polar surface area (TPSA) is 38.5 Å². The van der Waals surface area contributed by atoms with Gasteiger partial charge in [0.15, 0.2) is 0 Å². The van der Waals surface area contributed by atoms with Crippen molar-refractivity contribution in [3.63, 3.8) is 0 Å². The van der Waals surface area contributed by atoms with Gasteiger partial charge in [-0.15, -0.1) is 0 Å². The van der Waals surface area contributed by atoms with Crippen LogP contribution in [0.25, 0.3) is 0 Å². The van der Waals surface area contributed by atoms with Gasteiger partial charge in [-0.1, -0.05) is 32.9 Å². The smallest absolute Gasteiger partial charge is 0.119 e. The summed E-state index contributed by atoms with van der Waals surface area (Å²) >= 11 is 0. The molecule has 1 atom stereocenters. The highest BCUT2D eigenvalue weighted by Crippen LogP contribution is 2.23. The van der Waals surface area contributed by atoms with Crippen LogP contribution in [0, 0.1) is 5.92 Å². The summed E-state index contributed by atoms with van der Waals surface area (Å²) in [5.41, 5.74) is 7.22. The van der Waals surface area contributed by atoms with E-state index in [1.165, 1.54) is 12.0 Å². The Bertz CT molecular complexity index is 379. The SMILES string of the molecule is CCCOc1cccc(C(CN)N(C)CCC(C)C)c1. The Kier molecular flexibility index (Phi) is 7.63. The lowest BCUT2D eigenvalue weighted by Gasteiger charge is -2.28. The first-order valence-corrected chi connectivity index (χ1v) is 7.71. The van der Waals surface area contributed by atoms with E-state index in [4.69, 9.17) is 10.5 Å². The Balaban J connectivity index is 2.72. The summed E-state index contributed by atoms with van der Waals surface area (Å²) in [4.78, 5) is 2.35. The van der Waals surface area contributed by atoms with E-state index in [1.807, 2.05) is 6.07 Å². The van der Waals surface area contributed by atoms with Gasteiger partial charge in [-0.05, 0) is 50.0 Å². The highest BCUT2D eigenvalue weighted by molar-refractivity contribution is 5.30. The summed E-state index contributed by atoms with van der Waals surface area (Å²) in [5.74, 6) is 1.66. The fourth-order valence-electron chi connectivity index (χ4n) is 2.22. The van der Waals surface area contributed by atoms with Gasteiger partial charge in [0, 0.05) is 12.6 Å². The summed E-state index contributed by atoms with van der Waals surface area (Å²) in [6.07, 6.45) is 2.22. The zero-order chi connectivity index (χ0) is 15.0. The largest absolute Gasteiger partial charge is 0.494 e. The van der Waals surface area contributed by atoms with Crippen LogP contribution in [-0.4, -0.2) is 31.6 Å². The molecular weight excluding hydrogens is 248 g/mol. The van der Waals surface area contributed by atoms with E-state index in [1.54, 1.807) is 0 Å². The van der Waals surface area contributed by atoms with Crippen molar-refractivity contribution in [2.45, 2.75) is 39.7 Å². The van der Waals surface area contributed by atoms with Gasteiger partial charge in [0.05, 0.1) is 6.61 Å². The number of hydrogen-bond acceptors (Lipinski definition) is 3. The molecular formula is C17H30N2O. The molecule has 1 aromatic rings. The Morgan fingerprint density at radius 2 is 2.05 bits per heavy atom. The third kappa shape index (κ3) is 5.51. The van der Waals surface area contributed by atoms with Crippen LogP contribution in [0.5, 0.6) is 5.75 Å². The molecule has 2 N–H and O–H groups in total. The quantitative estimate of drug-likeness (QED) is 0.752. The van der Waals surface area contributed by atoms with Gasteiger partial charge < -0.3 is 10.5 Å². The lowest BCUT2D eigenvalue weighted by atomic mass is 10.0. The molecule has 0 heterocycles. The number of benzene rings is 1. The van der Waals surface area contributed by atoms with Gasteiger partial charge in [-0.2, -0.15) is 0 Å². The summed E-state index contributed by atoms with van der Waals surface area (Å²) < 4.78 is 5.71. The second kappa shape index (κ2) is 8.98. The molecule has 1 unspecified atom stereocenters. The summed E-state index contributed by atoms with van der Waals surface area (Å²) in [6.45, 7) is 9.09. The molecule has 0 aromatic heterocycles. The summed E-state index contributed by atoms with van der Waals surface area (Å²) in [6, 6.07) is 8.60.